The lowest BCUT2D eigenvalue weighted by Crippen LogP contribution is -2.21. The Bertz CT molecular complexity index is 5280. The van der Waals surface area contributed by atoms with Gasteiger partial charge in [0.2, 0.25) is 32.4 Å². The smallest absolute Gasteiger partial charge is 0.475 e. The minimum absolute atomic E-state index is 0.0637. The van der Waals surface area contributed by atoms with Crippen molar-refractivity contribution >= 4 is 254 Å². The number of anilines is 5. The van der Waals surface area contributed by atoms with Crippen LogP contribution in [0.25, 0.3) is 1.43 Å². The van der Waals surface area contributed by atoms with Crippen LogP contribution in [-0.4, -0.2) is 158 Å². The van der Waals surface area contributed by atoms with Crippen LogP contribution in [0.2, 0.25) is 71.4 Å². The zero-order valence-electron chi connectivity index (χ0n) is 82.1. The van der Waals surface area contributed by atoms with Crippen LogP contribution < -0.4 is 26.6 Å². The maximum absolute atomic E-state index is 11.8. The van der Waals surface area contributed by atoms with E-state index in [2.05, 4.69) is 78.7 Å². The third kappa shape index (κ3) is 41.0. The number of ketones is 3. The van der Waals surface area contributed by atoms with Gasteiger partial charge in [0.1, 0.15) is 0 Å². The first-order valence-corrected chi connectivity index (χ1v) is 43.0. The van der Waals surface area contributed by atoms with Crippen molar-refractivity contribution in [3.63, 3.8) is 0 Å². The minimum atomic E-state index is -5.08. The molecule has 6 aromatic rings. The molecule has 0 unspecified atom stereocenters. The molecular formula is C72H82Cl12F6N5O17SSi2+. The average Bonchev–Trinajstić information content (AvgIpc) is 1.61. The van der Waals surface area contributed by atoms with Crippen LogP contribution in [0.15, 0.2) is 84.8 Å². The van der Waals surface area contributed by atoms with E-state index < -0.39 is 104 Å². The highest BCUT2D eigenvalue weighted by atomic mass is 35.5. The normalized spacial score (nSPS) is 17.0. The molecule has 43 heteroatoms. The Morgan fingerprint density at radius 3 is 1.10 bits per heavy atom. The Hall–Kier alpha value is -6.06. The van der Waals surface area contributed by atoms with Gasteiger partial charge in [0.25, 0.3) is 1.43 Å². The van der Waals surface area contributed by atoms with E-state index in [1.807, 2.05) is 0 Å². The van der Waals surface area contributed by atoms with Gasteiger partial charge in [-0.1, -0.05) is 171 Å². The van der Waals surface area contributed by atoms with E-state index in [0.29, 0.717) is 43.8 Å². The molecule has 0 bridgehead atoms. The quantitative estimate of drug-likeness (QED) is 0.0105. The maximum Gasteiger partial charge on any atom is 0.526 e. The lowest BCUT2D eigenvalue weighted by Gasteiger charge is -2.05. The highest BCUT2D eigenvalue weighted by molar-refractivity contribution is 7.79. The predicted molar refractivity (Wildman–Crippen MR) is 453 cm³/mol. The number of amides is 5. The van der Waals surface area contributed by atoms with Crippen LogP contribution in [0, 0.1) is 0 Å². The van der Waals surface area contributed by atoms with Crippen molar-refractivity contribution in [2.24, 2.45) is 0 Å². The molecule has 22 nitrogen and oxygen atoms in total. The number of aliphatic carboxylic acids is 2. The number of rotatable bonds is 17. The van der Waals surface area contributed by atoms with E-state index in [4.69, 9.17) is 184 Å². The van der Waals surface area contributed by atoms with Crippen molar-refractivity contribution in [3.05, 3.63) is 176 Å². The summed E-state index contributed by atoms with van der Waals surface area (Å²) in [5.41, 5.74) is 7.55. The Morgan fingerprint density at radius 1 is 0.530 bits per heavy atom. The van der Waals surface area contributed by atoms with Crippen LogP contribution in [0.3, 0.4) is 0 Å². The van der Waals surface area contributed by atoms with Gasteiger partial charge >= 0.3 is 37.6 Å². The van der Waals surface area contributed by atoms with Crippen LogP contribution in [-0.2, 0) is 88.7 Å². The molecule has 0 aliphatic carbocycles. The molecule has 11 rings (SSSR count). The van der Waals surface area contributed by atoms with E-state index in [1.54, 1.807) is 24.3 Å². The number of hydrogen-bond donors (Lipinski definition) is 8. The third-order valence-corrected chi connectivity index (χ3v) is 23.9. The summed E-state index contributed by atoms with van der Waals surface area (Å²) in [6.07, 6.45) is -18.2. The fourth-order valence-corrected chi connectivity index (χ4v) is 14.2. The molecule has 0 fully saturated rings. The van der Waals surface area contributed by atoms with Gasteiger partial charge in [-0.15, -0.1) is 66.4 Å². The predicted octanol–water partition coefficient (Wildman–Crippen LogP) is 18.5. The molecule has 6 aromatic carbocycles. The molecule has 636 valence electrons. The zero-order chi connectivity index (χ0) is 107. The first-order valence-electron chi connectivity index (χ1n) is 42.6. The van der Waals surface area contributed by atoms with E-state index in [1.165, 1.54) is 48.5 Å². The van der Waals surface area contributed by atoms with Crippen molar-refractivity contribution in [2.45, 2.75) is 135 Å². The number of hydrogen-bond acceptors (Lipinski definition) is 13. The number of carboxylic acid groups (broad SMARTS) is 2. The fraction of sp³-hybridized carbons (Fsp3) is 0.361. The van der Waals surface area contributed by atoms with Crippen LogP contribution in [0.5, 0.6) is 0 Å². The molecule has 0 saturated heterocycles. The van der Waals surface area contributed by atoms with E-state index in [0.717, 1.165) is 35.3 Å². The number of carboxylic acids is 2. The second kappa shape index (κ2) is 54.2. The summed E-state index contributed by atoms with van der Waals surface area (Å²) in [5, 5.41) is 22.6. The van der Waals surface area contributed by atoms with Gasteiger partial charge < -0.3 is 46.8 Å². The molecule has 12 N–H and O–H groups in total. The highest BCUT2D eigenvalue weighted by Gasteiger charge is 2.39. The monoisotopic (exact) mass is 1930 g/mol. The van der Waals surface area contributed by atoms with Gasteiger partial charge in [-0.3, -0.25) is 38.4 Å². The molecule has 0 spiro atoms. The van der Waals surface area contributed by atoms with Crippen LogP contribution in [0.4, 0.5) is 54.8 Å². The molecule has 0 saturated carbocycles. The molecule has 5 aliphatic rings. The summed E-state index contributed by atoms with van der Waals surface area (Å²) in [4.78, 5) is 109. The Balaban J connectivity index is 0.00000151. The van der Waals surface area contributed by atoms with Gasteiger partial charge in [0.05, 0.1) is 72.8 Å². The van der Waals surface area contributed by atoms with Crippen molar-refractivity contribution in [2.75, 3.05) is 55.9 Å². The molecule has 0 aromatic heterocycles. The van der Waals surface area contributed by atoms with E-state index in [-0.39, 0.29) is 162 Å². The highest BCUT2D eigenvalue weighted by Crippen LogP contribution is 2.35. The molecule has 5 amide bonds. The van der Waals surface area contributed by atoms with Crippen molar-refractivity contribution in [1.29, 1.82) is 8.39 Å². The number of carbonyl (C=O) groups is 10. The fourth-order valence-electron chi connectivity index (χ4n) is 8.82. The lowest BCUT2D eigenvalue weighted by atomic mass is 10.1. The SMILES string of the molecule is CC[SiH](CC)CC.O=C(O)C(F)(F)F.O=C1Cc2cc(C(=O)CCl)c(Cl)cc2N1.O=C1Cc2cc(C(=O)CCl)c(Cl)cc2N1.[2H]C([2H])(CCl)c1cc2c(cc1Cl)NC(=O)C2([2H])[2H].[2H]C([2H])(Cl)C(=O)c1cc2c(cc1Cl)NC(=O)C2([2H])[2H].[2H]C([2H])(Cl)Cc1cc2c(cc1Cl)NC(=O)C2([2H])[2H].[2H]OC(=O)C(F)(F)F.[2H]O[2H].[2H][O+]([2H])S(=O)(=O)O.[2H][Si](CC)(CC)CC.[2H]c1c([2H])c(Cl)c([2H])c([2H])c1Cl. The van der Waals surface area contributed by atoms with Crippen molar-refractivity contribution < 1.29 is 129 Å². The number of carbonyl (C=O) groups excluding carboxylic acids is 8. The first kappa shape index (κ1) is 75.2. The Labute approximate surface area is 754 Å². The molecule has 0 atom stereocenters. The third-order valence-electron chi connectivity index (χ3n) is 14.5. The minimum Gasteiger partial charge on any atom is -0.475 e. The summed E-state index contributed by atoms with van der Waals surface area (Å²) in [6.45, 7) is 13.4. The standard InChI is InChI=1S/3C10H7Cl2NO2.2C10H9Cl2NO.C6H4Cl2.2C6H16Si.2C2HF3O2.H2O4S.H2O/c3*11-4-9(14)6-1-5-2-10(15)13-8(5)3-7(6)12;2*11-2-1-6-3-7-4-10(14)13-9(7)5-8(6)12;7-5-1-2-6(8)4-3-5;2*1-4-7(5-2)6-3;2*3-2(4,5)1(6)7;1-5(2,3)4;/h3*1,3H,2,4H2,(H,13,15);2*3,5H,1-2,4H2,(H,13,14);1-4H;2*7H,4-6H2,1-3H3;2*(H,6,7);(H2,1,2,3,4);1H2/p+1/i2D2,4D2;;;2D2,4D2;1D2,4D2;1D,2D,3D,4D;7D;;;;;/hD5. The van der Waals surface area contributed by atoms with Crippen molar-refractivity contribution in [3.8, 4) is 0 Å². The second-order valence-corrected chi connectivity index (χ2v) is 34.8. The molecule has 5 aliphatic heterocycles. The summed E-state index contributed by atoms with van der Waals surface area (Å²) >= 11 is 67.7. The summed E-state index contributed by atoms with van der Waals surface area (Å²) in [7, 11) is -6.25. The van der Waals surface area contributed by atoms with Gasteiger partial charge in [0, 0.05) is 109 Å². The number of alkyl halides is 11. The lowest BCUT2D eigenvalue weighted by molar-refractivity contribution is -0.193. The van der Waals surface area contributed by atoms with E-state index >= 15 is 0 Å². The first-order chi connectivity index (χ1) is 62.4. The molecule has 5 heterocycles. The average molecular weight is 1940 g/mol. The van der Waals surface area contributed by atoms with Gasteiger partial charge in [-0.25, -0.2) is 14.1 Å². The number of nitrogens with one attached hydrogen (secondary N) is 5. The number of benzene rings is 6. The van der Waals surface area contributed by atoms with E-state index in [9.17, 15) is 77.9 Å². The Morgan fingerprint density at radius 2 is 0.835 bits per heavy atom. The Kier molecular flexibility index (Phi) is 35.4. The number of aryl methyl sites for hydroxylation is 2. The number of halogens is 18. The van der Waals surface area contributed by atoms with Crippen LogP contribution >= 0.6 is 139 Å². The number of Topliss-reactive ketones (excluding diaryl/α,β-unsaturated/α-hetero) is 3. The zero-order valence-corrected chi connectivity index (χ0v) is 72.1. The summed E-state index contributed by atoms with van der Waals surface area (Å²) in [5.74, 6) is -14.5. The summed E-state index contributed by atoms with van der Waals surface area (Å²) in [6, 6.07) is 20.7. The largest absolute Gasteiger partial charge is 0.526 e. The molecule has 115 heavy (non-hydrogen) atoms. The molecular weight excluding hydrogens is 1830 g/mol. The topological polar surface area (TPSA) is 380 Å². The summed E-state index contributed by atoms with van der Waals surface area (Å²) < 4.78 is 245. The van der Waals surface area contributed by atoms with Gasteiger partial charge in [-0.05, 0) is 124 Å². The van der Waals surface area contributed by atoms with Gasteiger partial charge in [0.15, 0.2) is 17.3 Å². The van der Waals surface area contributed by atoms with Crippen LogP contribution in [0.1, 0.15) is 133 Å². The van der Waals surface area contributed by atoms with Gasteiger partial charge in [-0.2, -0.15) is 26.3 Å². The molecule has 0 radical (unpaired) electrons. The second-order valence-electron chi connectivity index (χ2n) is 22.1. The maximum atomic E-state index is 11.8. The number of fused-ring (bicyclic) bond motifs is 5. The van der Waals surface area contributed by atoms with Crippen molar-refractivity contribution in [1.82, 2.24) is 0 Å².